The molecule has 0 N–H and O–H groups in total. The van der Waals surface area contributed by atoms with Gasteiger partial charge < -0.3 is 9.47 Å². The SMILES string of the molecule is COc1ccc2c(c1)C1c3ccc(OC)cc3C3c4ccccc4C2C31C. The van der Waals surface area contributed by atoms with Gasteiger partial charge in [0.05, 0.1) is 14.2 Å². The third kappa shape index (κ3) is 1.63. The highest BCUT2D eigenvalue weighted by atomic mass is 16.5. The maximum Gasteiger partial charge on any atom is 0.119 e. The molecular formula is C25H22O2. The van der Waals surface area contributed by atoms with Crippen molar-refractivity contribution in [2.75, 3.05) is 14.2 Å². The molecule has 0 aromatic heterocycles. The topological polar surface area (TPSA) is 18.5 Å². The van der Waals surface area contributed by atoms with E-state index in [0.717, 1.165) is 11.5 Å². The van der Waals surface area contributed by atoms with Gasteiger partial charge in [0, 0.05) is 23.2 Å². The Bertz CT molecular complexity index is 1090. The first-order valence-electron chi connectivity index (χ1n) is 9.63. The predicted octanol–water partition coefficient (Wildman–Crippen LogP) is 5.45. The lowest BCUT2D eigenvalue weighted by atomic mass is 9.70. The van der Waals surface area contributed by atoms with Gasteiger partial charge in [-0.25, -0.2) is 0 Å². The van der Waals surface area contributed by atoms with Crippen molar-refractivity contribution in [1.29, 1.82) is 0 Å². The molecule has 0 spiro atoms. The Balaban J connectivity index is 1.72. The second kappa shape index (κ2) is 4.95. The van der Waals surface area contributed by atoms with Gasteiger partial charge in [0.25, 0.3) is 0 Å². The molecule has 0 heterocycles. The van der Waals surface area contributed by atoms with Crippen LogP contribution in [0.25, 0.3) is 0 Å². The fraction of sp³-hybridized carbons (Fsp3) is 0.280. The summed E-state index contributed by atoms with van der Waals surface area (Å²) in [6, 6.07) is 22.4. The molecule has 0 bridgehead atoms. The number of methoxy groups -OCH3 is 2. The first kappa shape index (κ1) is 15.3. The van der Waals surface area contributed by atoms with Crippen molar-refractivity contribution >= 4 is 0 Å². The Hall–Kier alpha value is -2.74. The van der Waals surface area contributed by atoms with Crippen LogP contribution >= 0.6 is 0 Å². The molecule has 2 heteroatoms. The second-order valence-corrected chi connectivity index (χ2v) is 8.28. The van der Waals surface area contributed by atoms with Crippen molar-refractivity contribution < 1.29 is 9.47 Å². The van der Waals surface area contributed by atoms with Crippen LogP contribution in [-0.4, -0.2) is 14.2 Å². The molecule has 0 radical (unpaired) electrons. The van der Waals surface area contributed by atoms with Crippen LogP contribution in [0.3, 0.4) is 0 Å². The van der Waals surface area contributed by atoms with E-state index in [0.29, 0.717) is 17.8 Å². The molecule has 27 heavy (non-hydrogen) atoms. The quantitative estimate of drug-likeness (QED) is 0.609. The summed E-state index contributed by atoms with van der Waals surface area (Å²) in [5.74, 6) is 3.13. The normalized spacial score (nSPS) is 28.3. The molecule has 4 atom stereocenters. The monoisotopic (exact) mass is 354 g/mol. The molecule has 3 aromatic rings. The maximum absolute atomic E-state index is 5.57. The zero-order valence-electron chi connectivity index (χ0n) is 15.8. The number of rotatable bonds is 2. The largest absolute Gasteiger partial charge is 0.497 e. The Morgan fingerprint density at radius 2 is 1.00 bits per heavy atom. The van der Waals surface area contributed by atoms with E-state index >= 15 is 0 Å². The molecule has 3 aromatic carbocycles. The zero-order valence-corrected chi connectivity index (χ0v) is 15.8. The lowest BCUT2D eigenvalue weighted by Gasteiger charge is -2.31. The molecule has 134 valence electrons. The summed E-state index contributed by atoms with van der Waals surface area (Å²) in [6.07, 6.45) is 0. The van der Waals surface area contributed by atoms with Gasteiger partial charge in [-0.05, 0) is 57.6 Å². The number of hydrogen-bond acceptors (Lipinski definition) is 2. The van der Waals surface area contributed by atoms with Crippen LogP contribution in [0.4, 0.5) is 0 Å². The molecule has 0 aliphatic heterocycles. The molecule has 4 unspecified atom stereocenters. The van der Waals surface area contributed by atoms with Crippen LogP contribution in [0.5, 0.6) is 11.5 Å². The summed E-state index contributed by atoms with van der Waals surface area (Å²) < 4.78 is 11.1. The molecule has 3 aliphatic carbocycles. The average molecular weight is 354 g/mol. The summed E-state index contributed by atoms with van der Waals surface area (Å²) in [4.78, 5) is 0. The van der Waals surface area contributed by atoms with Crippen LogP contribution in [0.2, 0.25) is 0 Å². The van der Waals surface area contributed by atoms with Gasteiger partial charge in [0.15, 0.2) is 0 Å². The third-order valence-corrected chi connectivity index (χ3v) is 7.32. The Labute approximate surface area is 159 Å². The molecule has 0 saturated heterocycles. The Morgan fingerprint density at radius 1 is 0.593 bits per heavy atom. The molecule has 0 saturated carbocycles. The van der Waals surface area contributed by atoms with Gasteiger partial charge in [-0.15, -0.1) is 0 Å². The van der Waals surface area contributed by atoms with E-state index in [-0.39, 0.29) is 5.41 Å². The smallest absolute Gasteiger partial charge is 0.119 e. The molecule has 6 rings (SSSR count). The van der Waals surface area contributed by atoms with Crippen LogP contribution in [0, 0.1) is 5.41 Å². The minimum atomic E-state index is 0.132. The number of benzene rings is 3. The van der Waals surface area contributed by atoms with Crippen molar-refractivity contribution in [2.45, 2.75) is 24.7 Å². The first-order chi connectivity index (χ1) is 13.2. The van der Waals surface area contributed by atoms with E-state index in [4.69, 9.17) is 9.47 Å². The maximum atomic E-state index is 5.57. The standard InChI is InChI=1S/C25H22O2/c1-25-22-16-6-4-5-7-17(16)23(25)21-13-15(27-3)9-11-19(21)24(25)20-12-14(26-2)8-10-18(20)22/h4-13,22-24H,1-3H3. The Morgan fingerprint density at radius 3 is 1.44 bits per heavy atom. The molecule has 3 aliphatic rings. The summed E-state index contributed by atoms with van der Waals surface area (Å²) in [6.45, 7) is 2.49. The van der Waals surface area contributed by atoms with Crippen LogP contribution < -0.4 is 9.47 Å². The Kier molecular flexibility index (Phi) is 2.81. The summed E-state index contributed by atoms with van der Waals surface area (Å²) in [5.41, 5.74) is 8.91. The van der Waals surface area contributed by atoms with Gasteiger partial charge in [-0.2, -0.15) is 0 Å². The van der Waals surface area contributed by atoms with Gasteiger partial charge in [0.1, 0.15) is 11.5 Å². The van der Waals surface area contributed by atoms with E-state index in [1.54, 1.807) is 14.2 Å². The predicted molar refractivity (Wildman–Crippen MR) is 106 cm³/mol. The molecule has 0 amide bonds. The van der Waals surface area contributed by atoms with Gasteiger partial charge in [0.2, 0.25) is 0 Å². The molecule has 2 nitrogen and oxygen atoms in total. The highest BCUT2D eigenvalue weighted by molar-refractivity contribution is 5.69. The second-order valence-electron chi connectivity index (χ2n) is 8.28. The van der Waals surface area contributed by atoms with E-state index < -0.39 is 0 Å². The van der Waals surface area contributed by atoms with Crippen molar-refractivity contribution in [3.8, 4) is 11.5 Å². The molecular weight excluding hydrogens is 332 g/mol. The first-order valence-corrected chi connectivity index (χ1v) is 9.63. The van der Waals surface area contributed by atoms with Crippen molar-refractivity contribution in [3.63, 3.8) is 0 Å². The van der Waals surface area contributed by atoms with Crippen LogP contribution in [0.15, 0.2) is 60.7 Å². The van der Waals surface area contributed by atoms with E-state index in [1.165, 1.54) is 33.4 Å². The third-order valence-electron chi connectivity index (χ3n) is 7.32. The molecule has 0 fully saturated rings. The zero-order chi connectivity index (χ0) is 18.3. The van der Waals surface area contributed by atoms with Crippen LogP contribution in [-0.2, 0) is 0 Å². The van der Waals surface area contributed by atoms with Crippen molar-refractivity contribution in [1.82, 2.24) is 0 Å². The van der Waals surface area contributed by atoms with Gasteiger partial charge >= 0.3 is 0 Å². The van der Waals surface area contributed by atoms with Crippen LogP contribution in [0.1, 0.15) is 58.1 Å². The van der Waals surface area contributed by atoms with Gasteiger partial charge in [-0.3, -0.25) is 0 Å². The fourth-order valence-corrected chi connectivity index (χ4v) is 6.44. The summed E-state index contributed by atoms with van der Waals surface area (Å²) >= 11 is 0. The van der Waals surface area contributed by atoms with Gasteiger partial charge in [-0.1, -0.05) is 43.3 Å². The lowest BCUT2D eigenvalue weighted by Crippen LogP contribution is -2.23. The number of ether oxygens (including phenoxy) is 2. The highest BCUT2D eigenvalue weighted by Crippen LogP contribution is 2.76. The number of hydrogen-bond donors (Lipinski definition) is 0. The summed E-state index contributed by atoms with van der Waals surface area (Å²) in [7, 11) is 3.51. The van der Waals surface area contributed by atoms with E-state index in [1.807, 2.05) is 0 Å². The minimum absolute atomic E-state index is 0.132. The fourth-order valence-electron chi connectivity index (χ4n) is 6.44. The lowest BCUT2D eigenvalue weighted by molar-refractivity contribution is 0.288. The number of fused-ring (bicyclic) bond motifs is 9. The van der Waals surface area contributed by atoms with E-state index in [2.05, 4.69) is 67.6 Å². The summed E-state index contributed by atoms with van der Waals surface area (Å²) in [5, 5.41) is 0. The minimum Gasteiger partial charge on any atom is -0.497 e. The van der Waals surface area contributed by atoms with Crippen molar-refractivity contribution in [3.05, 3.63) is 94.0 Å². The highest BCUT2D eigenvalue weighted by Gasteiger charge is 2.64. The average Bonchev–Trinajstić information content (AvgIpc) is 3.22. The van der Waals surface area contributed by atoms with Crippen molar-refractivity contribution in [2.24, 2.45) is 5.41 Å². The van der Waals surface area contributed by atoms with E-state index in [9.17, 15) is 0 Å².